The minimum Gasteiger partial charge on any atom is -0.493 e. The van der Waals surface area contributed by atoms with Crippen molar-refractivity contribution in [2.24, 2.45) is 5.41 Å². The fourth-order valence-electron chi connectivity index (χ4n) is 2.96. The first-order chi connectivity index (χ1) is 11.6. The zero-order valence-corrected chi connectivity index (χ0v) is 13.9. The molecule has 1 aliphatic rings. The third kappa shape index (κ3) is 4.20. The molecular formula is C19H22N2O3. The van der Waals surface area contributed by atoms with Crippen LogP contribution in [0.5, 0.6) is 11.5 Å². The molecular weight excluding hydrogens is 304 g/mol. The van der Waals surface area contributed by atoms with Crippen LogP contribution < -0.4 is 14.8 Å². The molecule has 0 saturated heterocycles. The number of methoxy groups -OCH3 is 1. The lowest BCUT2D eigenvalue weighted by atomic mass is 9.75. The highest BCUT2D eigenvalue weighted by molar-refractivity contribution is 5.94. The molecule has 1 aromatic carbocycles. The van der Waals surface area contributed by atoms with Crippen LogP contribution in [0.1, 0.15) is 42.5 Å². The Hall–Kier alpha value is -2.66. The average Bonchev–Trinajstić information content (AvgIpc) is 2.65. The maximum atomic E-state index is 12.4. The van der Waals surface area contributed by atoms with Gasteiger partial charge in [-0.15, -0.1) is 6.42 Å². The first-order valence-corrected chi connectivity index (χ1v) is 8.08. The largest absolute Gasteiger partial charge is 0.493 e. The summed E-state index contributed by atoms with van der Waals surface area (Å²) in [5.74, 6) is 3.10. The second-order valence-electron chi connectivity index (χ2n) is 5.99. The van der Waals surface area contributed by atoms with Gasteiger partial charge in [-0.3, -0.25) is 4.79 Å². The van der Waals surface area contributed by atoms with Crippen LogP contribution in [-0.2, 0) is 0 Å². The van der Waals surface area contributed by atoms with E-state index in [4.69, 9.17) is 15.9 Å². The highest BCUT2D eigenvalue weighted by Crippen LogP contribution is 2.35. The van der Waals surface area contributed by atoms with Gasteiger partial charge >= 0.3 is 0 Å². The van der Waals surface area contributed by atoms with Crippen molar-refractivity contribution in [3.8, 4) is 29.9 Å². The zero-order chi connectivity index (χ0) is 17.4. The molecule has 1 N–H and O–H groups in total. The van der Waals surface area contributed by atoms with E-state index in [0.29, 0.717) is 23.6 Å². The second-order valence-corrected chi connectivity index (χ2v) is 5.99. The quantitative estimate of drug-likeness (QED) is 0.816. The van der Waals surface area contributed by atoms with E-state index in [2.05, 4.69) is 17.3 Å². The third-order valence-electron chi connectivity index (χ3n) is 4.37. The van der Waals surface area contributed by atoms with E-state index in [1.54, 1.807) is 18.2 Å². The van der Waals surface area contributed by atoms with Crippen molar-refractivity contribution in [3.63, 3.8) is 0 Å². The van der Waals surface area contributed by atoms with Crippen molar-refractivity contribution in [3.05, 3.63) is 23.8 Å². The van der Waals surface area contributed by atoms with Crippen LogP contribution in [0.2, 0.25) is 0 Å². The molecule has 24 heavy (non-hydrogen) atoms. The van der Waals surface area contributed by atoms with Crippen LogP contribution in [0.3, 0.4) is 0 Å². The number of ether oxygens (including phenoxy) is 2. The van der Waals surface area contributed by atoms with Crippen molar-refractivity contribution in [2.45, 2.75) is 32.1 Å². The van der Waals surface area contributed by atoms with Crippen LogP contribution in [0.25, 0.3) is 0 Å². The first kappa shape index (κ1) is 17.7. The monoisotopic (exact) mass is 326 g/mol. The SMILES string of the molecule is C#CCOc1ccc(C(=O)NCC2(C#N)CCCCC2)cc1OC. The van der Waals surface area contributed by atoms with Crippen LogP contribution in [0, 0.1) is 29.1 Å². The van der Waals surface area contributed by atoms with Gasteiger partial charge in [0, 0.05) is 12.1 Å². The Labute approximate surface area is 143 Å². The molecule has 0 atom stereocenters. The molecule has 0 bridgehead atoms. The Morgan fingerprint density at radius 1 is 1.33 bits per heavy atom. The predicted octanol–water partition coefficient (Wildman–Crippen LogP) is 2.91. The lowest BCUT2D eigenvalue weighted by Crippen LogP contribution is -2.38. The minimum atomic E-state index is -0.437. The number of nitrogens with one attached hydrogen (secondary N) is 1. The summed E-state index contributed by atoms with van der Waals surface area (Å²) in [4.78, 5) is 12.4. The molecule has 1 saturated carbocycles. The van der Waals surface area contributed by atoms with Crippen molar-refractivity contribution < 1.29 is 14.3 Å². The maximum absolute atomic E-state index is 12.4. The first-order valence-electron chi connectivity index (χ1n) is 8.08. The summed E-state index contributed by atoms with van der Waals surface area (Å²) in [6.45, 7) is 0.507. The van der Waals surface area contributed by atoms with Gasteiger partial charge in [-0.2, -0.15) is 5.26 Å². The topological polar surface area (TPSA) is 71.3 Å². The molecule has 0 aromatic heterocycles. The van der Waals surface area contributed by atoms with E-state index >= 15 is 0 Å². The molecule has 0 unspecified atom stereocenters. The van der Waals surface area contributed by atoms with Gasteiger partial charge in [0.25, 0.3) is 5.91 Å². The molecule has 2 rings (SSSR count). The van der Waals surface area contributed by atoms with E-state index in [-0.39, 0.29) is 12.5 Å². The van der Waals surface area contributed by atoms with E-state index in [0.717, 1.165) is 32.1 Å². The summed E-state index contributed by atoms with van der Waals surface area (Å²) < 4.78 is 10.6. The summed E-state index contributed by atoms with van der Waals surface area (Å²) in [7, 11) is 1.51. The fraction of sp³-hybridized carbons (Fsp3) is 0.474. The van der Waals surface area contributed by atoms with Gasteiger partial charge in [0.2, 0.25) is 0 Å². The number of carbonyl (C=O) groups is 1. The molecule has 126 valence electrons. The molecule has 5 heteroatoms. The van der Waals surface area contributed by atoms with E-state index in [9.17, 15) is 10.1 Å². The standard InChI is InChI=1S/C19H22N2O3/c1-3-11-24-16-8-7-15(12-17(16)23-2)18(22)21-14-19(13-20)9-5-4-6-10-19/h1,7-8,12H,4-6,9-11,14H2,2H3,(H,21,22). The number of rotatable bonds is 6. The Balaban J connectivity index is 2.04. The number of terminal acetylenes is 1. The normalized spacial score (nSPS) is 15.6. The smallest absolute Gasteiger partial charge is 0.251 e. The van der Waals surface area contributed by atoms with Crippen LogP contribution in [-0.4, -0.2) is 26.2 Å². The highest BCUT2D eigenvalue weighted by Gasteiger charge is 2.32. The Morgan fingerprint density at radius 2 is 2.08 bits per heavy atom. The summed E-state index contributed by atoms with van der Waals surface area (Å²) in [6.07, 6.45) is 10.1. The minimum absolute atomic E-state index is 0.132. The molecule has 1 fully saturated rings. The van der Waals surface area contributed by atoms with Gasteiger partial charge < -0.3 is 14.8 Å². The third-order valence-corrected chi connectivity index (χ3v) is 4.37. The number of nitriles is 1. The molecule has 1 aromatic rings. The molecule has 1 amide bonds. The number of amides is 1. The number of hydrogen-bond acceptors (Lipinski definition) is 4. The fourth-order valence-corrected chi connectivity index (χ4v) is 2.96. The molecule has 0 heterocycles. The van der Waals surface area contributed by atoms with Gasteiger partial charge in [0.05, 0.1) is 18.6 Å². The molecule has 5 nitrogen and oxygen atoms in total. The van der Waals surface area contributed by atoms with Gasteiger partial charge in [-0.25, -0.2) is 0 Å². The summed E-state index contributed by atoms with van der Waals surface area (Å²) in [5, 5.41) is 12.4. The van der Waals surface area contributed by atoms with Crippen LogP contribution in [0.4, 0.5) is 0 Å². The van der Waals surface area contributed by atoms with Crippen molar-refractivity contribution in [1.82, 2.24) is 5.32 Å². The summed E-state index contributed by atoms with van der Waals surface area (Å²) in [5.41, 5.74) is 0.0252. The van der Waals surface area contributed by atoms with Gasteiger partial charge in [0.1, 0.15) is 6.61 Å². The van der Waals surface area contributed by atoms with E-state index in [1.165, 1.54) is 7.11 Å². The molecule has 0 radical (unpaired) electrons. The second kappa shape index (κ2) is 8.26. The van der Waals surface area contributed by atoms with Crippen molar-refractivity contribution in [1.29, 1.82) is 5.26 Å². The number of carbonyl (C=O) groups excluding carboxylic acids is 1. The summed E-state index contributed by atoms with van der Waals surface area (Å²) >= 11 is 0. The van der Waals surface area contributed by atoms with Crippen LogP contribution >= 0.6 is 0 Å². The predicted molar refractivity (Wildman–Crippen MR) is 90.8 cm³/mol. The van der Waals surface area contributed by atoms with Crippen molar-refractivity contribution >= 4 is 5.91 Å². The Kier molecular flexibility index (Phi) is 6.09. The average molecular weight is 326 g/mol. The van der Waals surface area contributed by atoms with Crippen LogP contribution in [0.15, 0.2) is 18.2 Å². The van der Waals surface area contributed by atoms with E-state index in [1.807, 2.05) is 0 Å². The van der Waals surface area contributed by atoms with Gasteiger partial charge in [-0.05, 0) is 31.0 Å². The van der Waals surface area contributed by atoms with Gasteiger partial charge in [0.15, 0.2) is 11.5 Å². The molecule has 0 spiro atoms. The Morgan fingerprint density at radius 3 is 2.71 bits per heavy atom. The van der Waals surface area contributed by atoms with E-state index < -0.39 is 5.41 Å². The molecule has 0 aliphatic heterocycles. The summed E-state index contributed by atoms with van der Waals surface area (Å²) in [6, 6.07) is 7.33. The Bertz CT molecular complexity index is 664. The zero-order valence-electron chi connectivity index (χ0n) is 13.9. The molecule has 1 aliphatic carbocycles. The number of benzene rings is 1. The maximum Gasteiger partial charge on any atom is 0.251 e. The lowest BCUT2D eigenvalue weighted by Gasteiger charge is -2.30. The van der Waals surface area contributed by atoms with Crippen molar-refractivity contribution in [2.75, 3.05) is 20.3 Å². The number of nitrogens with zero attached hydrogens (tertiary/aromatic N) is 1. The van der Waals surface area contributed by atoms with Gasteiger partial charge in [-0.1, -0.05) is 25.2 Å². The highest BCUT2D eigenvalue weighted by atomic mass is 16.5. The number of hydrogen-bond donors (Lipinski definition) is 1. The lowest BCUT2D eigenvalue weighted by molar-refractivity contribution is 0.0931.